The highest BCUT2D eigenvalue weighted by Gasteiger charge is 2.04. The zero-order valence-corrected chi connectivity index (χ0v) is 9.56. The first kappa shape index (κ1) is 11.2. The monoisotopic (exact) mass is 213 g/mol. The summed E-state index contributed by atoms with van der Waals surface area (Å²) in [6.45, 7) is 6.78. The van der Waals surface area contributed by atoms with Gasteiger partial charge in [0.2, 0.25) is 0 Å². The molecule has 0 saturated heterocycles. The minimum atomic E-state index is 0.385. The number of ether oxygens (including phenoxy) is 1. The molecule has 0 aromatic heterocycles. The smallest absolute Gasteiger partial charge is 0.143 e. The van der Waals surface area contributed by atoms with Gasteiger partial charge in [0.1, 0.15) is 5.75 Å². The minimum Gasteiger partial charge on any atom is -0.492 e. The summed E-state index contributed by atoms with van der Waals surface area (Å²) in [4.78, 5) is 0. The Kier molecular flexibility index (Phi) is 4.08. The summed E-state index contributed by atoms with van der Waals surface area (Å²) < 4.78 is 5.47. The SMILES string of the molecule is CCOc1cc(Cl)ccc1NC(C)C. The number of hydrogen-bond donors (Lipinski definition) is 1. The fourth-order valence-electron chi connectivity index (χ4n) is 1.20. The molecule has 78 valence electrons. The highest BCUT2D eigenvalue weighted by molar-refractivity contribution is 6.30. The number of rotatable bonds is 4. The molecule has 0 bridgehead atoms. The number of nitrogens with one attached hydrogen (secondary N) is 1. The van der Waals surface area contributed by atoms with Crippen molar-refractivity contribution in [1.82, 2.24) is 0 Å². The van der Waals surface area contributed by atoms with Gasteiger partial charge in [-0.1, -0.05) is 11.6 Å². The van der Waals surface area contributed by atoms with Gasteiger partial charge in [0, 0.05) is 17.1 Å². The Labute approximate surface area is 90.2 Å². The lowest BCUT2D eigenvalue weighted by molar-refractivity contribution is 0.341. The summed E-state index contributed by atoms with van der Waals surface area (Å²) in [5, 5.41) is 4.00. The second-order valence-corrected chi connectivity index (χ2v) is 3.81. The van der Waals surface area contributed by atoms with Crippen LogP contribution in [0.25, 0.3) is 0 Å². The van der Waals surface area contributed by atoms with Crippen molar-refractivity contribution in [2.45, 2.75) is 26.8 Å². The van der Waals surface area contributed by atoms with Crippen LogP contribution in [-0.4, -0.2) is 12.6 Å². The van der Waals surface area contributed by atoms with Crippen molar-refractivity contribution in [2.75, 3.05) is 11.9 Å². The van der Waals surface area contributed by atoms with E-state index in [1.165, 1.54) is 0 Å². The molecule has 0 heterocycles. The molecule has 14 heavy (non-hydrogen) atoms. The van der Waals surface area contributed by atoms with Crippen LogP contribution in [0.1, 0.15) is 20.8 Å². The molecule has 1 aromatic rings. The molecular weight excluding hydrogens is 198 g/mol. The van der Waals surface area contributed by atoms with E-state index in [4.69, 9.17) is 16.3 Å². The largest absolute Gasteiger partial charge is 0.492 e. The maximum absolute atomic E-state index is 5.88. The number of benzene rings is 1. The van der Waals surface area contributed by atoms with E-state index in [-0.39, 0.29) is 0 Å². The van der Waals surface area contributed by atoms with Crippen molar-refractivity contribution in [3.05, 3.63) is 23.2 Å². The molecule has 0 unspecified atom stereocenters. The Morgan fingerprint density at radius 3 is 2.71 bits per heavy atom. The van der Waals surface area contributed by atoms with Crippen molar-refractivity contribution in [1.29, 1.82) is 0 Å². The molecule has 0 aliphatic heterocycles. The van der Waals surface area contributed by atoms with Crippen molar-refractivity contribution in [2.24, 2.45) is 0 Å². The van der Waals surface area contributed by atoms with Crippen LogP contribution in [0.15, 0.2) is 18.2 Å². The van der Waals surface area contributed by atoms with E-state index < -0.39 is 0 Å². The molecule has 1 rings (SSSR count). The van der Waals surface area contributed by atoms with Gasteiger partial charge in [-0.15, -0.1) is 0 Å². The van der Waals surface area contributed by atoms with Gasteiger partial charge in [-0.25, -0.2) is 0 Å². The predicted octanol–water partition coefficient (Wildman–Crippen LogP) is 3.56. The Balaban J connectivity index is 2.89. The van der Waals surface area contributed by atoms with Crippen LogP contribution in [0.3, 0.4) is 0 Å². The molecule has 0 saturated carbocycles. The third kappa shape index (κ3) is 3.11. The Morgan fingerprint density at radius 2 is 2.14 bits per heavy atom. The van der Waals surface area contributed by atoms with Crippen molar-refractivity contribution < 1.29 is 4.74 Å². The molecule has 2 nitrogen and oxygen atoms in total. The number of hydrogen-bond acceptors (Lipinski definition) is 2. The van der Waals surface area contributed by atoms with Gasteiger partial charge in [-0.3, -0.25) is 0 Å². The van der Waals surface area contributed by atoms with Gasteiger partial charge in [0.25, 0.3) is 0 Å². The van der Waals surface area contributed by atoms with Crippen LogP contribution in [0.2, 0.25) is 5.02 Å². The molecule has 0 amide bonds. The Bertz CT molecular complexity index is 299. The molecule has 1 N–H and O–H groups in total. The van der Waals surface area contributed by atoms with Crippen LogP contribution in [-0.2, 0) is 0 Å². The Hall–Kier alpha value is -0.890. The molecule has 1 aromatic carbocycles. The lowest BCUT2D eigenvalue weighted by Crippen LogP contribution is -2.10. The minimum absolute atomic E-state index is 0.385. The summed E-state index contributed by atoms with van der Waals surface area (Å²) in [5.41, 5.74) is 0.992. The maximum atomic E-state index is 5.88. The van der Waals surface area contributed by atoms with E-state index in [1.54, 1.807) is 0 Å². The lowest BCUT2D eigenvalue weighted by Gasteiger charge is -2.14. The van der Waals surface area contributed by atoms with E-state index in [9.17, 15) is 0 Å². The van der Waals surface area contributed by atoms with Gasteiger partial charge in [0.15, 0.2) is 0 Å². The van der Waals surface area contributed by atoms with Gasteiger partial charge in [0.05, 0.1) is 12.3 Å². The first-order valence-corrected chi connectivity index (χ1v) is 5.20. The second-order valence-electron chi connectivity index (χ2n) is 3.37. The normalized spacial score (nSPS) is 10.4. The quantitative estimate of drug-likeness (QED) is 0.826. The highest BCUT2D eigenvalue weighted by atomic mass is 35.5. The van der Waals surface area contributed by atoms with Crippen LogP contribution in [0.4, 0.5) is 5.69 Å². The zero-order valence-electron chi connectivity index (χ0n) is 8.80. The van der Waals surface area contributed by atoms with Crippen molar-refractivity contribution in [3.8, 4) is 5.75 Å². The standard InChI is InChI=1S/C11H16ClNO/c1-4-14-11-7-9(12)5-6-10(11)13-8(2)3/h5-8,13H,4H2,1-3H3. The van der Waals surface area contributed by atoms with Crippen molar-refractivity contribution in [3.63, 3.8) is 0 Å². The lowest BCUT2D eigenvalue weighted by atomic mass is 10.2. The van der Waals surface area contributed by atoms with E-state index >= 15 is 0 Å². The van der Waals surface area contributed by atoms with Crippen LogP contribution >= 0.6 is 11.6 Å². The Morgan fingerprint density at radius 1 is 1.43 bits per heavy atom. The highest BCUT2D eigenvalue weighted by Crippen LogP contribution is 2.28. The van der Waals surface area contributed by atoms with E-state index in [0.717, 1.165) is 11.4 Å². The van der Waals surface area contributed by atoms with Crippen LogP contribution < -0.4 is 10.1 Å². The average Bonchev–Trinajstić information content (AvgIpc) is 2.09. The average molecular weight is 214 g/mol. The summed E-state index contributed by atoms with van der Waals surface area (Å²) in [6, 6.07) is 6.01. The van der Waals surface area contributed by atoms with Gasteiger partial charge >= 0.3 is 0 Å². The van der Waals surface area contributed by atoms with E-state index in [1.807, 2.05) is 25.1 Å². The zero-order chi connectivity index (χ0) is 10.6. The van der Waals surface area contributed by atoms with Crippen LogP contribution in [0.5, 0.6) is 5.75 Å². The molecule has 0 spiro atoms. The van der Waals surface area contributed by atoms with Crippen molar-refractivity contribution >= 4 is 17.3 Å². The van der Waals surface area contributed by atoms with Gasteiger partial charge in [-0.05, 0) is 32.9 Å². The van der Waals surface area contributed by atoms with E-state index in [0.29, 0.717) is 17.7 Å². The number of anilines is 1. The first-order chi connectivity index (χ1) is 6.63. The molecule has 0 aliphatic carbocycles. The summed E-state index contributed by atoms with van der Waals surface area (Å²) in [7, 11) is 0. The van der Waals surface area contributed by atoms with Crippen LogP contribution in [0, 0.1) is 0 Å². The topological polar surface area (TPSA) is 21.3 Å². The molecule has 0 radical (unpaired) electrons. The first-order valence-electron chi connectivity index (χ1n) is 4.82. The second kappa shape index (κ2) is 5.11. The fourth-order valence-corrected chi connectivity index (χ4v) is 1.36. The third-order valence-corrected chi connectivity index (χ3v) is 1.92. The molecule has 0 atom stereocenters. The summed E-state index contributed by atoms with van der Waals surface area (Å²) in [5.74, 6) is 0.814. The third-order valence-electron chi connectivity index (χ3n) is 1.69. The summed E-state index contributed by atoms with van der Waals surface area (Å²) >= 11 is 5.88. The molecule has 3 heteroatoms. The fraction of sp³-hybridized carbons (Fsp3) is 0.455. The molecular formula is C11H16ClNO. The van der Waals surface area contributed by atoms with Gasteiger partial charge in [-0.2, -0.15) is 0 Å². The van der Waals surface area contributed by atoms with E-state index in [2.05, 4.69) is 19.2 Å². The molecule has 0 fully saturated rings. The molecule has 0 aliphatic rings. The summed E-state index contributed by atoms with van der Waals surface area (Å²) in [6.07, 6.45) is 0. The van der Waals surface area contributed by atoms with Gasteiger partial charge < -0.3 is 10.1 Å². The maximum Gasteiger partial charge on any atom is 0.143 e. The predicted molar refractivity (Wildman–Crippen MR) is 61.4 cm³/mol. The number of halogens is 1.